The minimum Gasteiger partial charge on any atom is -0.486 e. The standard InChI is InChI=1S/C21H32FN5O2/c1-6-23-21(24-13-15(2)29-20-10-8-7-9-19(20)22)25-14-18-16(3)26-27(17(18)4)11-12-28-5/h7-10,15H,6,11-14H2,1-5H3,(H2,23,24,25). The number of rotatable bonds is 10. The van der Waals surface area contributed by atoms with Gasteiger partial charge >= 0.3 is 0 Å². The van der Waals surface area contributed by atoms with Gasteiger partial charge in [0, 0.05) is 24.9 Å². The van der Waals surface area contributed by atoms with Crippen LogP contribution in [0.3, 0.4) is 0 Å². The van der Waals surface area contributed by atoms with Gasteiger partial charge in [0.05, 0.1) is 31.9 Å². The molecule has 0 fully saturated rings. The molecule has 0 saturated carbocycles. The van der Waals surface area contributed by atoms with Gasteiger partial charge in [-0.2, -0.15) is 5.10 Å². The van der Waals surface area contributed by atoms with Crippen LogP contribution in [-0.4, -0.2) is 48.7 Å². The molecule has 8 heteroatoms. The maximum absolute atomic E-state index is 13.7. The molecular weight excluding hydrogens is 373 g/mol. The van der Waals surface area contributed by atoms with Crippen LogP contribution in [0, 0.1) is 19.7 Å². The summed E-state index contributed by atoms with van der Waals surface area (Å²) in [6.45, 7) is 11.0. The Hall–Kier alpha value is -2.61. The van der Waals surface area contributed by atoms with E-state index in [0.717, 1.165) is 30.0 Å². The van der Waals surface area contributed by atoms with Crippen molar-refractivity contribution in [3.05, 3.63) is 47.0 Å². The molecule has 2 aromatic rings. The molecule has 7 nitrogen and oxygen atoms in total. The van der Waals surface area contributed by atoms with E-state index in [2.05, 4.69) is 20.7 Å². The molecule has 0 aliphatic rings. The van der Waals surface area contributed by atoms with Gasteiger partial charge in [0.15, 0.2) is 17.5 Å². The van der Waals surface area contributed by atoms with Gasteiger partial charge in [-0.05, 0) is 39.8 Å². The molecule has 0 aliphatic carbocycles. The zero-order chi connectivity index (χ0) is 21.2. The number of hydrogen-bond acceptors (Lipinski definition) is 4. The van der Waals surface area contributed by atoms with E-state index in [1.165, 1.54) is 6.07 Å². The monoisotopic (exact) mass is 405 g/mol. The molecule has 0 spiro atoms. The lowest BCUT2D eigenvalue weighted by Crippen LogP contribution is -2.41. The number of ether oxygens (including phenoxy) is 2. The molecule has 0 radical (unpaired) electrons. The van der Waals surface area contributed by atoms with Crippen molar-refractivity contribution >= 4 is 5.96 Å². The Morgan fingerprint density at radius 1 is 1.28 bits per heavy atom. The molecule has 0 saturated heterocycles. The number of guanidine groups is 1. The van der Waals surface area contributed by atoms with Crippen molar-refractivity contribution in [2.45, 2.75) is 46.9 Å². The topological polar surface area (TPSA) is 72.7 Å². The summed E-state index contributed by atoms with van der Waals surface area (Å²) in [5.74, 6) is 0.565. The molecule has 1 heterocycles. The first kappa shape index (κ1) is 22.7. The van der Waals surface area contributed by atoms with Crippen LogP contribution in [0.15, 0.2) is 29.3 Å². The van der Waals surface area contributed by atoms with Gasteiger partial charge in [-0.3, -0.25) is 4.68 Å². The number of methoxy groups -OCH3 is 1. The van der Waals surface area contributed by atoms with Gasteiger partial charge < -0.3 is 20.1 Å². The minimum atomic E-state index is -0.364. The van der Waals surface area contributed by atoms with E-state index in [-0.39, 0.29) is 17.7 Å². The Kier molecular flexibility index (Phi) is 8.92. The Morgan fingerprint density at radius 3 is 2.72 bits per heavy atom. The van der Waals surface area contributed by atoms with Crippen molar-refractivity contribution in [1.82, 2.24) is 20.4 Å². The molecule has 2 N–H and O–H groups in total. The summed E-state index contributed by atoms with van der Waals surface area (Å²) in [6, 6.07) is 6.40. The minimum absolute atomic E-state index is 0.226. The average molecular weight is 406 g/mol. The predicted molar refractivity (Wildman–Crippen MR) is 113 cm³/mol. The number of aryl methyl sites for hydroxylation is 1. The third-order valence-electron chi connectivity index (χ3n) is 4.50. The highest BCUT2D eigenvalue weighted by atomic mass is 19.1. The summed E-state index contributed by atoms with van der Waals surface area (Å²) in [5, 5.41) is 11.1. The van der Waals surface area contributed by atoms with E-state index in [1.54, 1.807) is 25.3 Å². The number of halogens is 1. The summed E-state index contributed by atoms with van der Waals surface area (Å²) in [4.78, 5) is 4.68. The normalized spacial score (nSPS) is 12.7. The lowest BCUT2D eigenvalue weighted by molar-refractivity contribution is 0.182. The number of para-hydroxylation sites is 1. The van der Waals surface area contributed by atoms with Gasteiger partial charge in [-0.1, -0.05) is 12.1 Å². The average Bonchev–Trinajstić information content (AvgIpc) is 2.97. The number of aromatic nitrogens is 2. The van der Waals surface area contributed by atoms with Gasteiger partial charge in [0.1, 0.15) is 6.10 Å². The van der Waals surface area contributed by atoms with Crippen LogP contribution in [0.5, 0.6) is 5.75 Å². The molecule has 29 heavy (non-hydrogen) atoms. The third kappa shape index (κ3) is 6.74. The lowest BCUT2D eigenvalue weighted by atomic mass is 10.2. The fourth-order valence-corrected chi connectivity index (χ4v) is 2.90. The molecule has 160 valence electrons. The SMILES string of the molecule is CCNC(=NCc1c(C)nn(CCOC)c1C)NCC(C)Oc1ccccc1F. The summed E-state index contributed by atoms with van der Waals surface area (Å²) in [5.41, 5.74) is 3.17. The number of nitrogens with one attached hydrogen (secondary N) is 2. The first-order chi connectivity index (χ1) is 14.0. The zero-order valence-corrected chi connectivity index (χ0v) is 18.0. The van der Waals surface area contributed by atoms with E-state index >= 15 is 0 Å². The van der Waals surface area contributed by atoms with Gasteiger partial charge in [-0.25, -0.2) is 9.38 Å². The maximum atomic E-state index is 13.7. The van der Waals surface area contributed by atoms with Crippen LogP contribution in [-0.2, 0) is 17.8 Å². The number of aliphatic imine (C=N–C) groups is 1. The molecule has 1 unspecified atom stereocenters. The second-order valence-electron chi connectivity index (χ2n) is 6.80. The van der Waals surface area contributed by atoms with Crippen molar-refractivity contribution in [2.24, 2.45) is 4.99 Å². The Bertz CT molecular complexity index is 806. The number of hydrogen-bond donors (Lipinski definition) is 2. The number of nitrogens with zero attached hydrogens (tertiary/aromatic N) is 3. The first-order valence-corrected chi connectivity index (χ1v) is 9.91. The Morgan fingerprint density at radius 2 is 2.03 bits per heavy atom. The van der Waals surface area contributed by atoms with Crippen LogP contribution in [0.1, 0.15) is 30.8 Å². The van der Waals surface area contributed by atoms with Crippen molar-refractivity contribution < 1.29 is 13.9 Å². The molecule has 0 aliphatic heterocycles. The van der Waals surface area contributed by atoms with Gasteiger partial charge in [-0.15, -0.1) is 0 Å². The second kappa shape index (κ2) is 11.4. The molecule has 2 rings (SSSR count). The van der Waals surface area contributed by atoms with E-state index in [0.29, 0.717) is 25.7 Å². The lowest BCUT2D eigenvalue weighted by Gasteiger charge is -2.18. The fourth-order valence-electron chi connectivity index (χ4n) is 2.90. The number of benzene rings is 1. The van der Waals surface area contributed by atoms with Crippen LogP contribution in [0.2, 0.25) is 0 Å². The highest BCUT2D eigenvalue weighted by Crippen LogP contribution is 2.17. The van der Waals surface area contributed by atoms with E-state index in [9.17, 15) is 4.39 Å². The van der Waals surface area contributed by atoms with Crippen molar-refractivity contribution in [2.75, 3.05) is 26.8 Å². The molecule has 0 bridgehead atoms. The van der Waals surface area contributed by atoms with Crippen molar-refractivity contribution in [1.29, 1.82) is 0 Å². The van der Waals surface area contributed by atoms with Crippen LogP contribution in [0.25, 0.3) is 0 Å². The maximum Gasteiger partial charge on any atom is 0.191 e. The van der Waals surface area contributed by atoms with E-state index < -0.39 is 0 Å². The summed E-state index contributed by atoms with van der Waals surface area (Å²) >= 11 is 0. The van der Waals surface area contributed by atoms with Crippen LogP contribution < -0.4 is 15.4 Å². The first-order valence-electron chi connectivity index (χ1n) is 9.91. The largest absolute Gasteiger partial charge is 0.486 e. The molecular formula is C21H32FN5O2. The molecule has 0 amide bonds. The Labute approximate surface area is 172 Å². The van der Waals surface area contributed by atoms with Crippen molar-refractivity contribution in [3.63, 3.8) is 0 Å². The zero-order valence-electron chi connectivity index (χ0n) is 18.0. The highest BCUT2D eigenvalue weighted by Gasteiger charge is 2.12. The third-order valence-corrected chi connectivity index (χ3v) is 4.50. The Balaban J connectivity index is 1.97. The van der Waals surface area contributed by atoms with Gasteiger partial charge in [0.2, 0.25) is 0 Å². The van der Waals surface area contributed by atoms with E-state index in [1.807, 2.05) is 32.4 Å². The molecule has 1 aromatic carbocycles. The molecule has 1 aromatic heterocycles. The predicted octanol–water partition coefficient (Wildman–Crippen LogP) is 2.81. The van der Waals surface area contributed by atoms with Crippen LogP contribution in [0.4, 0.5) is 4.39 Å². The van der Waals surface area contributed by atoms with Crippen LogP contribution >= 0.6 is 0 Å². The highest BCUT2D eigenvalue weighted by molar-refractivity contribution is 5.79. The molecule has 1 atom stereocenters. The quantitative estimate of drug-likeness (QED) is 0.470. The van der Waals surface area contributed by atoms with E-state index in [4.69, 9.17) is 9.47 Å². The summed E-state index contributed by atoms with van der Waals surface area (Å²) < 4.78 is 26.5. The van der Waals surface area contributed by atoms with Crippen molar-refractivity contribution in [3.8, 4) is 5.75 Å². The summed E-state index contributed by atoms with van der Waals surface area (Å²) in [6.07, 6.45) is -0.226. The second-order valence-corrected chi connectivity index (χ2v) is 6.80. The summed E-state index contributed by atoms with van der Waals surface area (Å²) in [7, 11) is 1.68. The van der Waals surface area contributed by atoms with Gasteiger partial charge in [0.25, 0.3) is 0 Å². The fraction of sp³-hybridized carbons (Fsp3) is 0.524. The smallest absolute Gasteiger partial charge is 0.191 e.